The zero-order valence-electron chi connectivity index (χ0n) is 13.0. The molecule has 2 aliphatic rings. The molecule has 2 rings (SSSR count). The molecule has 112 valence electrons. The molecule has 2 aliphatic heterocycles. The fourth-order valence-electron chi connectivity index (χ4n) is 3.92. The van der Waals surface area contributed by atoms with Crippen molar-refractivity contribution in [1.29, 1.82) is 0 Å². The van der Waals surface area contributed by atoms with Crippen molar-refractivity contribution in [3.63, 3.8) is 0 Å². The van der Waals surface area contributed by atoms with Crippen LogP contribution < -0.4 is 5.73 Å². The number of ether oxygens (including phenoxy) is 3. The van der Waals surface area contributed by atoms with E-state index in [1.165, 1.54) is 0 Å². The van der Waals surface area contributed by atoms with Crippen molar-refractivity contribution in [1.82, 2.24) is 0 Å². The first-order valence-corrected chi connectivity index (χ1v) is 7.31. The molecule has 0 saturated carbocycles. The summed E-state index contributed by atoms with van der Waals surface area (Å²) in [5, 5.41) is 0. The normalized spacial score (nSPS) is 34.1. The second-order valence-electron chi connectivity index (χ2n) is 7.18. The van der Waals surface area contributed by atoms with Crippen molar-refractivity contribution in [3.8, 4) is 0 Å². The summed E-state index contributed by atoms with van der Waals surface area (Å²) < 4.78 is 17.5. The highest BCUT2D eigenvalue weighted by molar-refractivity contribution is 5.06. The maximum Gasteiger partial charge on any atom is 0.0876 e. The van der Waals surface area contributed by atoms with Crippen LogP contribution in [0.1, 0.15) is 47.0 Å². The third-order valence-electron chi connectivity index (χ3n) is 4.93. The predicted octanol–water partition coefficient (Wildman–Crippen LogP) is 2.10. The Hall–Kier alpha value is -0.160. The molecule has 4 heteroatoms. The molecule has 0 aromatic rings. The summed E-state index contributed by atoms with van der Waals surface area (Å²) in [7, 11) is 1.78. The van der Waals surface area contributed by atoms with Crippen LogP contribution in [0, 0.1) is 5.92 Å². The number of hydrogen-bond acceptors (Lipinski definition) is 4. The first-order valence-electron chi connectivity index (χ1n) is 7.31. The van der Waals surface area contributed by atoms with E-state index >= 15 is 0 Å². The van der Waals surface area contributed by atoms with E-state index in [9.17, 15) is 0 Å². The van der Waals surface area contributed by atoms with Crippen LogP contribution >= 0.6 is 0 Å². The number of hydrogen-bond donors (Lipinski definition) is 1. The van der Waals surface area contributed by atoms with E-state index in [4.69, 9.17) is 19.9 Å². The lowest BCUT2D eigenvalue weighted by Gasteiger charge is -2.45. The smallest absolute Gasteiger partial charge is 0.0876 e. The Morgan fingerprint density at radius 1 is 1.16 bits per heavy atom. The summed E-state index contributed by atoms with van der Waals surface area (Å²) in [5.41, 5.74) is 6.07. The van der Waals surface area contributed by atoms with Crippen LogP contribution in [0.2, 0.25) is 0 Å². The molecular weight excluding hydrogens is 242 g/mol. The van der Waals surface area contributed by atoms with Gasteiger partial charge >= 0.3 is 0 Å². The molecule has 4 nitrogen and oxygen atoms in total. The van der Waals surface area contributed by atoms with Gasteiger partial charge in [-0.2, -0.15) is 0 Å². The monoisotopic (exact) mass is 271 g/mol. The van der Waals surface area contributed by atoms with E-state index in [2.05, 4.69) is 27.7 Å². The molecule has 19 heavy (non-hydrogen) atoms. The van der Waals surface area contributed by atoms with Crippen molar-refractivity contribution in [2.45, 2.75) is 69.8 Å². The van der Waals surface area contributed by atoms with Crippen LogP contribution in [0.5, 0.6) is 0 Å². The fourth-order valence-corrected chi connectivity index (χ4v) is 3.92. The summed E-state index contributed by atoms with van der Waals surface area (Å²) in [6.07, 6.45) is 2.72. The third-order valence-corrected chi connectivity index (χ3v) is 4.93. The molecular formula is C15H29NO3. The average molecular weight is 271 g/mol. The topological polar surface area (TPSA) is 53.7 Å². The van der Waals surface area contributed by atoms with E-state index in [1.807, 2.05) is 0 Å². The molecule has 0 aromatic heterocycles. The maximum absolute atomic E-state index is 6.64. The van der Waals surface area contributed by atoms with Gasteiger partial charge in [0.15, 0.2) is 0 Å². The van der Waals surface area contributed by atoms with Crippen LogP contribution in [0.3, 0.4) is 0 Å². The molecule has 2 unspecified atom stereocenters. The molecule has 0 bridgehead atoms. The number of nitrogens with two attached hydrogens (primary N) is 1. The highest BCUT2D eigenvalue weighted by Gasteiger charge is 2.54. The van der Waals surface area contributed by atoms with Gasteiger partial charge in [-0.1, -0.05) is 0 Å². The zero-order chi connectivity index (χ0) is 14.3. The molecule has 0 spiro atoms. The van der Waals surface area contributed by atoms with Gasteiger partial charge in [-0.15, -0.1) is 0 Å². The molecule has 2 saturated heterocycles. The third kappa shape index (κ3) is 2.82. The summed E-state index contributed by atoms with van der Waals surface area (Å²) in [6, 6.07) is -0.0156. The molecule has 0 aliphatic carbocycles. The van der Waals surface area contributed by atoms with Gasteiger partial charge < -0.3 is 19.9 Å². The Morgan fingerprint density at radius 3 is 2.16 bits per heavy atom. The molecule has 2 N–H and O–H groups in total. The standard InChI is InChI=1S/C15H29NO3/c1-13(2)10-11(14(3,4)19-13)12(16)15(17-5)6-8-18-9-7-15/h11-12H,6-10,16H2,1-5H3. The quantitative estimate of drug-likeness (QED) is 0.854. The Kier molecular flexibility index (Phi) is 4.00. The SMILES string of the molecule is COC1(C(N)C2CC(C)(C)OC2(C)C)CCOCC1. The lowest BCUT2D eigenvalue weighted by atomic mass is 9.72. The Bertz CT molecular complexity index is 321. The van der Waals surface area contributed by atoms with Crippen LogP contribution in [0.4, 0.5) is 0 Å². The Labute approximate surface area is 117 Å². The van der Waals surface area contributed by atoms with E-state index in [-0.39, 0.29) is 22.8 Å². The minimum absolute atomic E-state index is 0.0156. The van der Waals surface area contributed by atoms with Gasteiger partial charge in [0.05, 0.1) is 16.8 Å². The Morgan fingerprint density at radius 2 is 1.74 bits per heavy atom. The predicted molar refractivity (Wildman–Crippen MR) is 75.1 cm³/mol. The van der Waals surface area contributed by atoms with Gasteiger partial charge in [-0.3, -0.25) is 0 Å². The molecule has 2 heterocycles. The molecule has 2 fully saturated rings. The van der Waals surface area contributed by atoms with Crippen LogP contribution in [-0.4, -0.2) is 43.2 Å². The fraction of sp³-hybridized carbons (Fsp3) is 1.00. The minimum Gasteiger partial charge on any atom is -0.381 e. The van der Waals surface area contributed by atoms with Gasteiger partial charge in [0.1, 0.15) is 0 Å². The van der Waals surface area contributed by atoms with Crippen molar-refractivity contribution in [2.75, 3.05) is 20.3 Å². The highest BCUT2D eigenvalue weighted by atomic mass is 16.5. The van der Waals surface area contributed by atoms with Crippen molar-refractivity contribution < 1.29 is 14.2 Å². The largest absolute Gasteiger partial charge is 0.381 e. The molecule has 0 radical (unpaired) electrons. The van der Waals surface area contributed by atoms with Gasteiger partial charge in [0.2, 0.25) is 0 Å². The van der Waals surface area contributed by atoms with Gasteiger partial charge in [-0.05, 0) is 34.1 Å². The van der Waals surface area contributed by atoms with Gasteiger partial charge in [-0.25, -0.2) is 0 Å². The lowest BCUT2D eigenvalue weighted by Crippen LogP contribution is -2.59. The zero-order valence-corrected chi connectivity index (χ0v) is 13.0. The van der Waals surface area contributed by atoms with E-state index in [1.54, 1.807) is 7.11 Å². The summed E-state index contributed by atoms with van der Waals surface area (Å²) in [4.78, 5) is 0. The second-order valence-corrected chi connectivity index (χ2v) is 7.18. The van der Waals surface area contributed by atoms with Crippen LogP contribution in [0.15, 0.2) is 0 Å². The summed E-state index contributed by atoms with van der Waals surface area (Å²) >= 11 is 0. The van der Waals surface area contributed by atoms with Gasteiger partial charge in [0.25, 0.3) is 0 Å². The first-order chi connectivity index (χ1) is 8.72. The highest BCUT2D eigenvalue weighted by Crippen LogP contribution is 2.46. The Balaban J connectivity index is 2.20. The lowest BCUT2D eigenvalue weighted by molar-refractivity contribution is -0.130. The van der Waals surface area contributed by atoms with Crippen LogP contribution in [0.25, 0.3) is 0 Å². The average Bonchev–Trinajstić information content (AvgIpc) is 2.57. The summed E-state index contributed by atoms with van der Waals surface area (Å²) in [6.45, 7) is 10.1. The first kappa shape index (κ1) is 15.2. The van der Waals surface area contributed by atoms with Crippen molar-refractivity contribution >= 4 is 0 Å². The van der Waals surface area contributed by atoms with Crippen molar-refractivity contribution in [3.05, 3.63) is 0 Å². The summed E-state index contributed by atoms with van der Waals surface area (Å²) in [5.74, 6) is 0.306. The number of rotatable bonds is 3. The minimum atomic E-state index is -0.260. The van der Waals surface area contributed by atoms with Crippen LogP contribution in [-0.2, 0) is 14.2 Å². The van der Waals surface area contributed by atoms with Gasteiger partial charge in [0, 0.05) is 45.1 Å². The molecule has 2 atom stereocenters. The molecule has 0 amide bonds. The van der Waals surface area contributed by atoms with Crippen molar-refractivity contribution in [2.24, 2.45) is 11.7 Å². The van der Waals surface area contributed by atoms with E-state index < -0.39 is 0 Å². The van der Waals surface area contributed by atoms with E-state index in [0.717, 1.165) is 32.5 Å². The second kappa shape index (κ2) is 4.99. The van der Waals surface area contributed by atoms with E-state index in [0.29, 0.717) is 5.92 Å². The maximum atomic E-state index is 6.64. The number of methoxy groups -OCH3 is 1. The molecule has 0 aromatic carbocycles.